The van der Waals surface area contributed by atoms with Crippen molar-refractivity contribution in [3.05, 3.63) is 21.9 Å². The number of hydrogen-bond acceptors (Lipinski definition) is 5. The average molecular weight is 333 g/mol. The first kappa shape index (κ1) is 15.1. The highest BCUT2D eigenvalue weighted by Crippen LogP contribution is 2.35. The van der Waals surface area contributed by atoms with E-state index in [0.29, 0.717) is 18.1 Å². The molecule has 1 atom stereocenters. The minimum atomic E-state index is -0.279. The van der Waals surface area contributed by atoms with Gasteiger partial charge in [0, 0.05) is 48.8 Å². The molecule has 3 aliphatic rings. The van der Waals surface area contributed by atoms with Gasteiger partial charge in [-0.1, -0.05) is 5.16 Å². The lowest BCUT2D eigenvalue weighted by atomic mass is 9.96. The molecule has 4 rings (SSSR count). The maximum atomic E-state index is 12.2. The molecule has 0 unspecified atom stereocenters. The number of carbonyl (C=O) groups excluding carboxylic acids is 1. The quantitative estimate of drug-likeness (QED) is 0.899. The standard InChI is InChI=1S/C17H23N3O2S/c1-12-2-5-14(23-12)10-20-7-6-17(11-20)8-15(19-22-17)16(21)18-9-13-3-4-13/h2,5,13H,3-4,6-11H2,1H3,(H,18,21)/t17-/m0/s1. The molecule has 2 fully saturated rings. The van der Waals surface area contributed by atoms with Gasteiger partial charge in [-0.25, -0.2) is 0 Å². The maximum Gasteiger partial charge on any atom is 0.269 e. The van der Waals surface area contributed by atoms with Gasteiger partial charge < -0.3 is 10.2 Å². The third kappa shape index (κ3) is 3.43. The SMILES string of the molecule is Cc1ccc(CN2CC[C@]3(CC(C(=O)NCC4CC4)=NO3)C2)s1. The van der Waals surface area contributed by atoms with Gasteiger partial charge in [-0.05, 0) is 37.8 Å². The van der Waals surface area contributed by atoms with Crippen LogP contribution in [0.2, 0.25) is 0 Å². The average Bonchev–Trinajstić information content (AvgIpc) is 2.93. The number of likely N-dealkylation sites (tertiary alicyclic amines) is 1. The Morgan fingerprint density at radius 1 is 1.52 bits per heavy atom. The summed E-state index contributed by atoms with van der Waals surface area (Å²) in [6.07, 6.45) is 4.07. The van der Waals surface area contributed by atoms with Gasteiger partial charge in [0.05, 0.1) is 0 Å². The van der Waals surface area contributed by atoms with E-state index in [4.69, 9.17) is 4.84 Å². The lowest BCUT2D eigenvalue weighted by Gasteiger charge is -2.21. The molecule has 124 valence electrons. The monoisotopic (exact) mass is 333 g/mol. The Morgan fingerprint density at radius 2 is 2.39 bits per heavy atom. The Balaban J connectivity index is 1.30. The molecule has 0 radical (unpaired) electrons. The number of nitrogens with one attached hydrogen (secondary N) is 1. The molecule has 1 N–H and O–H groups in total. The third-order valence-electron chi connectivity index (χ3n) is 4.92. The fraction of sp³-hybridized carbons (Fsp3) is 0.647. The molecular weight excluding hydrogens is 310 g/mol. The third-order valence-corrected chi connectivity index (χ3v) is 5.91. The van der Waals surface area contributed by atoms with Gasteiger partial charge in [0.25, 0.3) is 5.91 Å². The summed E-state index contributed by atoms with van der Waals surface area (Å²) in [5.74, 6) is 0.646. The zero-order chi connectivity index (χ0) is 15.9. The Morgan fingerprint density at radius 3 is 3.13 bits per heavy atom. The van der Waals surface area contributed by atoms with Gasteiger partial charge in [0.15, 0.2) is 5.60 Å². The second kappa shape index (κ2) is 5.91. The number of thiophene rings is 1. The molecule has 1 saturated heterocycles. The molecule has 6 heteroatoms. The van der Waals surface area contributed by atoms with Crippen LogP contribution in [-0.4, -0.2) is 41.8 Å². The fourth-order valence-corrected chi connectivity index (χ4v) is 4.31. The summed E-state index contributed by atoms with van der Waals surface area (Å²) in [5, 5.41) is 7.08. The van der Waals surface area contributed by atoms with Crippen LogP contribution in [0.4, 0.5) is 0 Å². The number of carbonyl (C=O) groups is 1. The van der Waals surface area contributed by atoms with Gasteiger partial charge in [-0.3, -0.25) is 9.69 Å². The van der Waals surface area contributed by atoms with Gasteiger partial charge in [0.1, 0.15) is 5.71 Å². The summed E-state index contributed by atoms with van der Waals surface area (Å²) in [4.78, 5) is 23.0. The highest BCUT2D eigenvalue weighted by molar-refractivity contribution is 7.11. The van der Waals surface area contributed by atoms with Crippen molar-refractivity contribution in [2.24, 2.45) is 11.1 Å². The first-order chi connectivity index (χ1) is 11.1. The zero-order valence-electron chi connectivity index (χ0n) is 13.5. The number of hydrogen-bond donors (Lipinski definition) is 1. The predicted molar refractivity (Wildman–Crippen MR) is 90.6 cm³/mol. The molecule has 0 aromatic carbocycles. The highest BCUT2D eigenvalue weighted by Gasteiger charge is 2.46. The van der Waals surface area contributed by atoms with Crippen LogP contribution < -0.4 is 5.32 Å². The molecule has 23 heavy (non-hydrogen) atoms. The van der Waals surface area contributed by atoms with Crippen molar-refractivity contribution in [1.29, 1.82) is 0 Å². The predicted octanol–water partition coefficient (Wildman–Crippen LogP) is 2.30. The molecule has 1 aromatic rings. The van der Waals surface area contributed by atoms with E-state index < -0.39 is 0 Å². The maximum absolute atomic E-state index is 12.2. The number of nitrogens with zero attached hydrogens (tertiary/aromatic N) is 2. The van der Waals surface area contributed by atoms with Crippen molar-refractivity contribution in [3.8, 4) is 0 Å². The van der Waals surface area contributed by atoms with Gasteiger partial charge >= 0.3 is 0 Å². The molecule has 5 nitrogen and oxygen atoms in total. The molecule has 1 aliphatic carbocycles. The van der Waals surface area contributed by atoms with E-state index in [1.54, 1.807) is 0 Å². The molecule has 1 amide bonds. The summed E-state index contributed by atoms with van der Waals surface area (Å²) >= 11 is 1.85. The van der Waals surface area contributed by atoms with E-state index in [1.165, 1.54) is 22.6 Å². The first-order valence-electron chi connectivity index (χ1n) is 8.43. The van der Waals surface area contributed by atoms with Crippen LogP contribution in [-0.2, 0) is 16.2 Å². The molecule has 1 aromatic heterocycles. The van der Waals surface area contributed by atoms with Crippen LogP contribution in [0.25, 0.3) is 0 Å². The topological polar surface area (TPSA) is 53.9 Å². The van der Waals surface area contributed by atoms with Crippen LogP contribution >= 0.6 is 11.3 Å². The van der Waals surface area contributed by atoms with Crippen LogP contribution in [0.5, 0.6) is 0 Å². The van der Waals surface area contributed by atoms with Crippen LogP contribution in [0.3, 0.4) is 0 Å². The lowest BCUT2D eigenvalue weighted by Crippen LogP contribution is -2.37. The van der Waals surface area contributed by atoms with E-state index in [2.05, 4.69) is 34.4 Å². The fourth-order valence-electron chi connectivity index (χ4n) is 3.38. The van der Waals surface area contributed by atoms with E-state index in [1.807, 2.05) is 11.3 Å². The zero-order valence-corrected chi connectivity index (χ0v) is 14.3. The molecule has 1 saturated carbocycles. The Kier molecular flexibility index (Phi) is 3.89. The van der Waals surface area contributed by atoms with E-state index in [9.17, 15) is 4.79 Å². The van der Waals surface area contributed by atoms with Gasteiger partial charge in [0.2, 0.25) is 0 Å². The molecule has 1 spiro atoms. The number of oxime groups is 1. The number of amides is 1. The summed E-state index contributed by atoms with van der Waals surface area (Å²) < 4.78 is 0. The van der Waals surface area contributed by atoms with Gasteiger partial charge in [-0.2, -0.15) is 0 Å². The molecule has 0 bridgehead atoms. The second-order valence-corrected chi connectivity index (χ2v) is 8.49. The summed E-state index contributed by atoms with van der Waals surface area (Å²) in [6.45, 7) is 5.75. The number of rotatable bonds is 5. The van der Waals surface area contributed by atoms with Crippen molar-refractivity contribution < 1.29 is 9.63 Å². The Hall–Kier alpha value is -1.40. The van der Waals surface area contributed by atoms with Gasteiger partial charge in [-0.15, -0.1) is 11.3 Å². The summed E-state index contributed by atoms with van der Waals surface area (Å²) in [6, 6.07) is 4.37. The smallest absolute Gasteiger partial charge is 0.269 e. The molecule has 3 heterocycles. The van der Waals surface area contributed by atoms with Crippen molar-refractivity contribution in [3.63, 3.8) is 0 Å². The van der Waals surface area contributed by atoms with E-state index in [0.717, 1.165) is 32.6 Å². The van der Waals surface area contributed by atoms with Crippen LogP contribution in [0, 0.1) is 12.8 Å². The Labute approximate surface area is 140 Å². The van der Waals surface area contributed by atoms with Crippen molar-refractivity contribution in [1.82, 2.24) is 10.2 Å². The normalized spacial score (nSPS) is 27.3. The summed E-state index contributed by atoms with van der Waals surface area (Å²) in [7, 11) is 0. The highest BCUT2D eigenvalue weighted by atomic mass is 32.1. The molecule has 2 aliphatic heterocycles. The molecular formula is C17H23N3O2S. The largest absolute Gasteiger partial charge is 0.387 e. The van der Waals surface area contributed by atoms with Crippen LogP contribution in [0.15, 0.2) is 17.3 Å². The van der Waals surface area contributed by atoms with Crippen LogP contribution in [0.1, 0.15) is 35.4 Å². The second-order valence-electron chi connectivity index (χ2n) is 7.12. The minimum absolute atomic E-state index is 0.0406. The Bertz CT molecular complexity index is 638. The van der Waals surface area contributed by atoms with Crippen molar-refractivity contribution >= 4 is 23.0 Å². The minimum Gasteiger partial charge on any atom is -0.387 e. The van der Waals surface area contributed by atoms with Crippen molar-refractivity contribution in [2.45, 2.75) is 44.8 Å². The van der Waals surface area contributed by atoms with E-state index >= 15 is 0 Å². The number of aryl methyl sites for hydroxylation is 1. The summed E-state index contributed by atoms with van der Waals surface area (Å²) in [5.41, 5.74) is 0.290. The lowest BCUT2D eigenvalue weighted by molar-refractivity contribution is -0.115. The van der Waals surface area contributed by atoms with E-state index in [-0.39, 0.29) is 11.5 Å². The van der Waals surface area contributed by atoms with Crippen molar-refractivity contribution in [2.75, 3.05) is 19.6 Å². The first-order valence-corrected chi connectivity index (χ1v) is 9.24.